The van der Waals surface area contributed by atoms with E-state index >= 15 is 0 Å². The fourth-order valence-electron chi connectivity index (χ4n) is 0.926. The van der Waals surface area contributed by atoms with Crippen LogP contribution in [0.5, 0.6) is 0 Å². The van der Waals surface area contributed by atoms with Crippen molar-refractivity contribution in [3.63, 3.8) is 0 Å². The van der Waals surface area contributed by atoms with Crippen molar-refractivity contribution in [2.24, 2.45) is 5.41 Å². The van der Waals surface area contributed by atoms with Gasteiger partial charge in [-0.3, -0.25) is 0 Å². The molecular weight excluding hydrogens is 104 g/mol. The summed E-state index contributed by atoms with van der Waals surface area (Å²) < 4.78 is 0. The predicted octanol–water partition coefficient (Wildman–Crippen LogP) is 2.03. The van der Waals surface area contributed by atoms with E-state index in [9.17, 15) is 0 Å². The molecule has 0 bridgehead atoms. The molecule has 2 aliphatic rings. The minimum absolute atomic E-state index is 0.727. The smallest absolute Gasteiger partial charge is 0.00656 e. The summed E-state index contributed by atoms with van der Waals surface area (Å²) in [6, 6.07) is 0. The molecule has 1 heterocycles. The van der Waals surface area contributed by atoms with E-state index in [4.69, 9.17) is 0 Å². The van der Waals surface area contributed by atoms with Crippen LogP contribution < -0.4 is 0 Å². The van der Waals surface area contributed by atoms with Gasteiger partial charge in [0.2, 0.25) is 0 Å². The number of hydrogen-bond acceptors (Lipinski definition) is 1. The molecule has 1 aliphatic heterocycles. The van der Waals surface area contributed by atoms with Gasteiger partial charge in [-0.1, -0.05) is 6.08 Å². The summed E-state index contributed by atoms with van der Waals surface area (Å²) in [7, 11) is 0. The Morgan fingerprint density at radius 3 is 2.57 bits per heavy atom. The molecule has 0 amide bonds. The first kappa shape index (κ1) is 4.02. The standard InChI is InChI=1S/C6H8S/c1-2-6(1)3-4-7-5-6/h3-4H,1-2,5H2. The van der Waals surface area contributed by atoms with Crippen LogP contribution in [0.1, 0.15) is 12.8 Å². The minimum Gasteiger partial charge on any atom is -0.134 e. The van der Waals surface area contributed by atoms with Crippen molar-refractivity contribution in [3.8, 4) is 0 Å². The highest BCUT2D eigenvalue weighted by molar-refractivity contribution is 8.02. The number of hydrogen-bond donors (Lipinski definition) is 0. The molecule has 1 fully saturated rings. The van der Waals surface area contributed by atoms with Gasteiger partial charge < -0.3 is 0 Å². The lowest BCUT2D eigenvalue weighted by Crippen LogP contribution is -1.90. The van der Waals surface area contributed by atoms with E-state index in [0.29, 0.717) is 0 Å². The third-order valence-electron chi connectivity index (χ3n) is 1.78. The Kier molecular flexibility index (Phi) is 0.620. The molecule has 0 aromatic carbocycles. The van der Waals surface area contributed by atoms with Gasteiger partial charge >= 0.3 is 0 Å². The van der Waals surface area contributed by atoms with Crippen molar-refractivity contribution >= 4 is 11.8 Å². The lowest BCUT2D eigenvalue weighted by atomic mass is 10.1. The Bertz CT molecular complexity index is 111. The minimum atomic E-state index is 0.727. The van der Waals surface area contributed by atoms with Gasteiger partial charge in [-0.25, -0.2) is 0 Å². The molecule has 1 spiro atoms. The second kappa shape index (κ2) is 1.08. The van der Waals surface area contributed by atoms with Crippen molar-refractivity contribution in [1.82, 2.24) is 0 Å². The zero-order chi connectivity index (χ0) is 4.74. The summed E-state index contributed by atoms with van der Waals surface area (Å²) in [5, 5.41) is 2.24. The molecule has 38 valence electrons. The Morgan fingerprint density at radius 1 is 1.43 bits per heavy atom. The number of rotatable bonds is 0. The Hall–Kier alpha value is 0.0900. The fourth-order valence-corrected chi connectivity index (χ4v) is 2.12. The maximum atomic E-state index is 2.37. The van der Waals surface area contributed by atoms with Crippen LogP contribution in [-0.4, -0.2) is 5.75 Å². The zero-order valence-corrected chi connectivity index (χ0v) is 5.00. The SMILES string of the molecule is C1=CC2(CC2)CS1. The molecule has 1 heteroatoms. The predicted molar refractivity (Wildman–Crippen MR) is 33.3 cm³/mol. The van der Waals surface area contributed by atoms with Gasteiger partial charge in [0.05, 0.1) is 0 Å². The largest absolute Gasteiger partial charge is 0.134 e. The quantitative estimate of drug-likeness (QED) is 0.462. The van der Waals surface area contributed by atoms with E-state index in [2.05, 4.69) is 11.5 Å². The lowest BCUT2D eigenvalue weighted by Gasteiger charge is -1.94. The van der Waals surface area contributed by atoms with Crippen LogP contribution in [0.4, 0.5) is 0 Å². The van der Waals surface area contributed by atoms with Crippen LogP contribution in [0, 0.1) is 5.41 Å². The van der Waals surface area contributed by atoms with E-state index in [0.717, 1.165) is 5.41 Å². The highest BCUT2D eigenvalue weighted by Crippen LogP contribution is 2.53. The molecule has 2 rings (SSSR count). The van der Waals surface area contributed by atoms with Crippen molar-refractivity contribution in [3.05, 3.63) is 11.5 Å². The van der Waals surface area contributed by atoms with E-state index in [1.807, 2.05) is 11.8 Å². The van der Waals surface area contributed by atoms with Crippen molar-refractivity contribution < 1.29 is 0 Å². The summed E-state index contributed by atoms with van der Waals surface area (Å²) >= 11 is 1.96. The Balaban J connectivity index is 2.22. The number of thioether (sulfide) groups is 1. The Morgan fingerprint density at radius 2 is 2.29 bits per heavy atom. The first-order valence-electron chi connectivity index (χ1n) is 2.71. The third-order valence-corrected chi connectivity index (χ3v) is 2.85. The topological polar surface area (TPSA) is 0 Å². The highest BCUT2D eigenvalue weighted by Gasteiger charge is 2.41. The molecule has 0 radical (unpaired) electrons. The van der Waals surface area contributed by atoms with E-state index in [-0.39, 0.29) is 0 Å². The first-order valence-corrected chi connectivity index (χ1v) is 3.76. The van der Waals surface area contributed by atoms with Crippen LogP contribution in [-0.2, 0) is 0 Å². The van der Waals surface area contributed by atoms with Crippen molar-refractivity contribution in [1.29, 1.82) is 0 Å². The molecule has 0 aromatic rings. The molecule has 0 nitrogen and oxygen atoms in total. The monoisotopic (exact) mass is 112 g/mol. The summed E-state index contributed by atoms with van der Waals surface area (Å²) in [4.78, 5) is 0. The summed E-state index contributed by atoms with van der Waals surface area (Å²) in [5.41, 5.74) is 0.727. The summed E-state index contributed by atoms with van der Waals surface area (Å²) in [5.74, 6) is 1.37. The van der Waals surface area contributed by atoms with Gasteiger partial charge in [-0.2, -0.15) is 0 Å². The van der Waals surface area contributed by atoms with E-state index in [1.54, 1.807) is 0 Å². The molecule has 0 N–H and O–H groups in total. The normalized spacial score (nSPS) is 32.0. The van der Waals surface area contributed by atoms with Gasteiger partial charge in [0.15, 0.2) is 0 Å². The maximum Gasteiger partial charge on any atom is 0.00656 e. The zero-order valence-electron chi connectivity index (χ0n) is 4.18. The number of allylic oxidation sites excluding steroid dienone is 1. The third kappa shape index (κ3) is 0.513. The van der Waals surface area contributed by atoms with Crippen LogP contribution in [0.25, 0.3) is 0 Å². The first-order chi connectivity index (χ1) is 3.41. The second-order valence-electron chi connectivity index (χ2n) is 2.48. The molecule has 7 heavy (non-hydrogen) atoms. The molecular formula is C6H8S. The maximum absolute atomic E-state index is 2.37. The van der Waals surface area contributed by atoms with Crippen LogP contribution in [0.2, 0.25) is 0 Å². The average molecular weight is 112 g/mol. The molecule has 1 saturated carbocycles. The average Bonchev–Trinajstić information content (AvgIpc) is 2.15. The van der Waals surface area contributed by atoms with Crippen LogP contribution in [0.15, 0.2) is 11.5 Å². The second-order valence-corrected chi connectivity index (χ2v) is 3.37. The van der Waals surface area contributed by atoms with E-state index in [1.165, 1.54) is 18.6 Å². The van der Waals surface area contributed by atoms with Gasteiger partial charge in [0.1, 0.15) is 0 Å². The van der Waals surface area contributed by atoms with Crippen LogP contribution in [0.3, 0.4) is 0 Å². The highest BCUT2D eigenvalue weighted by atomic mass is 32.2. The van der Waals surface area contributed by atoms with Gasteiger partial charge in [-0.15, -0.1) is 11.8 Å². The fraction of sp³-hybridized carbons (Fsp3) is 0.667. The molecule has 0 unspecified atom stereocenters. The molecule has 0 atom stereocenters. The van der Waals surface area contributed by atoms with Crippen molar-refractivity contribution in [2.75, 3.05) is 5.75 Å². The van der Waals surface area contributed by atoms with Crippen molar-refractivity contribution in [2.45, 2.75) is 12.8 Å². The molecule has 0 aromatic heterocycles. The molecule has 1 aliphatic carbocycles. The van der Waals surface area contributed by atoms with Gasteiger partial charge in [0.25, 0.3) is 0 Å². The van der Waals surface area contributed by atoms with E-state index < -0.39 is 0 Å². The van der Waals surface area contributed by atoms with Crippen LogP contribution >= 0.6 is 11.8 Å². The summed E-state index contributed by atoms with van der Waals surface area (Å²) in [6.45, 7) is 0. The van der Waals surface area contributed by atoms with Gasteiger partial charge in [0, 0.05) is 5.75 Å². The van der Waals surface area contributed by atoms with Gasteiger partial charge in [-0.05, 0) is 23.7 Å². The Labute approximate surface area is 48.0 Å². The lowest BCUT2D eigenvalue weighted by molar-refractivity contribution is 0.776. The molecule has 0 saturated heterocycles. The summed E-state index contributed by atoms with van der Waals surface area (Å²) in [6.07, 6.45) is 5.28.